The molecule has 0 N–H and O–H groups in total. The maximum atomic E-state index is 14.2. The van der Waals surface area contributed by atoms with E-state index in [4.69, 9.17) is 30.5 Å². The highest BCUT2D eigenvalue weighted by molar-refractivity contribution is 7.07. The van der Waals surface area contributed by atoms with Crippen molar-refractivity contribution in [3.05, 3.63) is 120 Å². The van der Waals surface area contributed by atoms with E-state index in [0.29, 0.717) is 61.5 Å². The Balaban J connectivity index is 1.61. The average molecular weight is 623 g/mol. The fourth-order valence-electron chi connectivity index (χ4n) is 4.66. The molecule has 1 aliphatic heterocycles. The summed E-state index contributed by atoms with van der Waals surface area (Å²) in [5.41, 5.74) is 1.33. The van der Waals surface area contributed by atoms with Crippen LogP contribution in [0.1, 0.15) is 36.6 Å². The van der Waals surface area contributed by atoms with E-state index in [9.17, 15) is 14.0 Å². The number of carbonyl (C=O) groups is 1. The number of rotatable bonds is 10. The number of fused-ring (bicyclic) bond motifs is 1. The third-order valence-corrected chi connectivity index (χ3v) is 7.84. The third kappa shape index (κ3) is 6.35. The second-order valence-corrected chi connectivity index (χ2v) is 10.8. The van der Waals surface area contributed by atoms with Crippen molar-refractivity contribution in [3.63, 3.8) is 0 Å². The van der Waals surface area contributed by atoms with E-state index in [1.165, 1.54) is 23.9 Å². The molecule has 11 heteroatoms. The Morgan fingerprint density at radius 3 is 2.51 bits per heavy atom. The van der Waals surface area contributed by atoms with Gasteiger partial charge in [-0.3, -0.25) is 9.36 Å². The fourth-order valence-corrected chi connectivity index (χ4v) is 5.80. The highest BCUT2D eigenvalue weighted by Gasteiger charge is 2.31. The van der Waals surface area contributed by atoms with E-state index in [1.54, 1.807) is 60.7 Å². The molecule has 0 spiro atoms. The number of carbonyl (C=O) groups excluding carboxylic acids is 1. The van der Waals surface area contributed by atoms with E-state index in [0.717, 1.165) is 11.3 Å². The van der Waals surface area contributed by atoms with Gasteiger partial charge in [0.15, 0.2) is 16.3 Å². The molecule has 0 unspecified atom stereocenters. The molecule has 0 amide bonds. The Labute approximate surface area is 255 Å². The maximum absolute atomic E-state index is 14.2. The molecule has 8 nitrogen and oxygen atoms in total. The molecule has 43 heavy (non-hydrogen) atoms. The Morgan fingerprint density at radius 2 is 1.77 bits per heavy atom. The molecule has 0 aliphatic carbocycles. The zero-order valence-corrected chi connectivity index (χ0v) is 25.2. The van der Waals surface area contributed by atoms with Gasteiger partial charge in [-0.15, -0.1) is 0 Å². The third-order valence-electron chi connectivity index (χ3n) is 6.61. The Bertz CT molecular complexity index is 1880. The normalized spacial score (nSPS) is 14.4. The van der Waals surface area contributed by atoms with Gasteiger partial charge in [-0.05, 0) is 61.9 Å². The predicted octanol–water partition coefficient (Wildman–Crippen LogP) is 5.19. The molecule has 5 rings (SSSR count). The van der Waals surface area contributed by atoms with Gasteiger partial charge in [-0.2, -0.15) is 0 Å². The number of hydrogen-bond donors (Lipinski definition) is 0. The van der Waals surface area contributed by atoms with Gasteiger partial charge in [0.05, 0.1) is 36.5 Å². The Kier molecular flexibility index (Phi) is 9.27. The maximum Gasteiger partial charge on any atom is 0.337 e. The van der Waals surface area contributed by atoms with Crippen molar-refractivity contribution in [1.29, 1.82) is 0 Å². The summed E-state index contributed by atoms with van der Waals surface area (Å²) >= 11 is 7.45. The number of nitrogens with zero attached hydrogens (tertiary/aromatic N) is 2. The zero-order valence-electron chi connectivity index (χ0n) is 23.6. The van der Waals surface area contributed by atoms with Gasteiger partial charge >= 0.3 is 5.97 Å². The largest absolute Gasteiger partial charge is 0.490 e. The van der Waals surface area contributed by atoms with Crippen LogP contribution in [0.15, 0.2) is 82.2 Å². The van der Waals surface area contributed by atoms with Crippen LogP contribution in [0, 0.1) is 5.82 Å². The number of aromatic nitrogens is 1. The molecular weight excluding hydrogens is 595 g/mol. The molecule has 0 fully saturated rings. The van der Waals surface area contributed by atoms with Gasteiger partial charge in [0.1, 0.15) is 18.2 Å². The molecule has 4 aromatic rings. The first-order valence-electron chi connectivity index (χ1n) is 13.5. The van der Waals surface area contributed by atoms with Gasteiger partial charge < -0.3 is 18.9 Å². The number of thiazole rings is 1. The quantitative estimate of drug-likeness (QED) is 0.226. The van der Waals surface area contributed by atoms with Gasteiger partial charge in [0.2, 0.25) is 0 Å². The van der Waals surface area contributed by atoms with Gasteiger partial charge in [-0.1, -0.05) is 47.2 Å². The summed E-state index contributed by atoms with van der Waals surface area (Å²) in [5, 5.41) is 0.431. The van der Waals surface area contributed by atoms with Gasteiger partial charge in [0, 0.05) is 22.3 Å². The van der Waals surface area contributed by atoms with Crippen LogP contribution >= 0.6 is 22.9 Å². The lowest BCUT2D eigenvalue weighted by Gasteiger charge is -2.23. The molecular formula is C32H28ClFN2O6S. The summed E-state index contributed by atoms with van der Waals surface area (Å²) in [5.74, 6) is 0.454. The zero-order chi connectivity index (χ0) is 30.5. The lowest BCUT2D eigenvalue weighted by Crippen LogP contribution is -2.39. The van der Waals surface area contributed by atoms with Crippen LogP contribution in [0.5, 0.6) is 17.2 Å². The van der Waals surface area contributed by atoms with Crippen LogP contribution in [-0.2, 0) is 16.1 Å². The lowest BCUT2D eigenvalue weighted by atomic mass is 9.97. The van der Waals surface area contributed by atoms with E-state index >= 15 is 0 Å². The number of esters is 1. The Morgan fingerprint density at radius 1 is 1.02 bits per heavy atom. The summed E-state index contributed by atoms with van der Waals surface area (Å²) in [6.45, 7) is 4.55. The number of ether oxygens (including phenoxy) is 4. The number of hydrogen-bond acceptors (Lipinski definition) is 8. The number of halogens is 2. The number of methoxy groups -OCH3 is 1. The van der Waals surface area contributed by atoms with Gasteiger partial charge in [-0.25, -0.2) is 14.2 Å². The minimum atomic E-state index is -0.836. The molecule has 2 heterocycles. The standard InChI is InChI=1S/C32H28ClFN2O6S/c1-4-40-26-12-10-19(15-27(26)41-5-2)29-23(31(38)39-3)17-35-32-36(29)30(37)28(43-32)16-21-14-22(33)11-13-25(21)42-18-20-8-6-7-9-24(20)34/h6-17,29H,4-5,18H2,1-3H3/b28-16+/t29-/m1/s1. The average Bonchev–Trinajstić information content (AvgIpc) is 3.32. The van der Waals surface area contributed by atoms with Gasteiger partial charge in [0.25, 0.3) is 5.56 Å². The van der Waals surface area contributed by atoms with E-state index in [2.05, 4.69) is 4.99 Å². The van der Waals surface area contributed by atoms with Crippen LogP contribution in [0.4, 0.5) is 4.39 Å². The van der Waals surface area contributed by atoms with Crippen molar-refractivity contribution in [2.75, 3.05) is 20.3 Å². The molecule has 0 saturated carbocycles. The molecule has 0 bridgehead atoms. The first kappa shape index (κ1) is 30.1. The molecule has 222 valence electrons. The molecule has 0 radical (unpaired) electrons. The van der Waals surface area contributed by atoms with Crippen molar-refractivity contribution in [1.82, 2.24) is 4.57 Å². The summed E-state index contributed by atoms with van der Waals surface area (Å²) < 4.78 is 38.5. The molecule has 1 aromatic heterocycles. The topological polar surface area (TPSA) is 88.4 Å². The van der Waals surface area contributed by atoms with Crippen molar-refractivity contribution in [2.45, 2.75) is 26.5 Å². The summed E-state index contributed by atoms with van der Waals surface area (Å²) in [6, 6.07) is 15.8. The number of benzene rings is 3. The van der Waals surface area contributed by atoms with Crippen LogP contribution in [0.25, 0.3) is 6.08 Å². The van der Waals surface area contributed by atoms with Crippen LogP contribution in [0.3, 0.4) is 0 Å². The fraction of sp³-hybridized carbons (Fsp3) is 0.219. The SMILES string of the molecule is CCOc1ccc([C@@H]2C(C(=O)OC)=CN=c3s/c(=C/c4cc(Cl)ccc4OCc4ccccc4F)c(=O)n32)cc1OCC. The minimum absolute atomic E-state index is 0.0151. The highest BCUT2D eigenvalue weighted by Crippen LogP contribution is 2.35. The van der Waals surface area contributed by atoms with Crippen LogP contribution < -0.4 is 29.1 Å². The van der Waals surface area contributed by atoms with E-state index < -0.39 is 12.0 Å². The van der Waals surface area contributed by atoms with E-state index in [-0.39, 0.29) is 23.6 Å². The van der Waals surface area contributed by atoms with Crippen molar-refractivity contribution in [2.24, 2.45) is 4.99 Å². The van der Waals surface area contributed by atoms with Crippen molar-refractivity contribution in [3.8, 4) is 17.2 Å². The van der Waals surface area contributed by atoms with Crippen molar-refractivity contribution < 1.29 is 28.1 Å². The molecule has 1 aliphatic rings. The van der Waals surface area contributed by atoms with Crippen LogP contribution in [-0.4, -0.2) is 30.9 Å². The summed E-state index contributed by atoms with van der Waals surface area (Å²) in [6.07, 6.45) is 3.07. The lowest BCUT2D eigenvalue weighted by molar-refractivity contribution is -0.136. The first-order chi connectivity index (χ1) is 20.8. The second kappa shape index (κ2) is 13.3. The predicted molar refractivity (Wildman–Crippen MR) is 162 cm³/mol. The first-order valence-corrected chi connectivity index (χ1v) is 14.7. The molecule has 1 atom stereocenters. The highest BCUT2D eigenvalue weighted by atomic mass is 35.5. The summed E-state index contributed by atoms with van der Waals surface area (Å²) in [4.78, 5) is 31.6. The Hall–Kier alpha value is -4.41. The molecule has 3 aromatic carbocycles. The van der Waals surface area contributed by atoms with Crippen LogP contribution in [0.2, 0.25) is 5.02 Å². The monoisotopic (exact) mass is 622 g/mol. The molecule has 0 saturated heterocycles. The van der Waals surface area contributed by atoms with E-state index in [1.807, 2.05) is 13.8 Å². The van der Waals surface area contributed by atoms with Crippen molar-refractivity contribution >= 4 is 35.0 Å². The summed E-state index contributed by atoms with van der Waals surface area (Å²) in [7, 11) is 1.27. The minimum Gasteiger partial charge on any atom is -0.490 e. The second-order valence-electron chi connectivity index (χ2n) is 9.31. The smallest absolute Gasteiger partial charge is 0.337 e.